The molecule has 3 aliphatic heterocycles. The summed E-state index contributed by atoms with van der Waals surface area (Å²) in [7, 11) is -3.63. The van der Waals surface area contributed by atoms with E-state index in [0.29, 0.717) is 11.8 Å². The third-order valence-corrected chi connectivity index (χ3v) is 10.00. The van der Waals surface area contributed by atoms with Crippen LogP contribution in [0.1, 0.15) is 77.8 Å². The van der Waals surface area contributed by atoms with Gasteiger partial charge in [0.2, 0.25) is 0 Å². The third-order valence-electron chi connectivity index (χ3n) is 8.25. The van der Waals surface area contributed by atoms with E-state index in [4.69, 9.17) is 9.05 Å². The Balaban J connectivity index is 1.76. The van der Waals surface area contributed by atoms with E-state index >= 15 is 0 Å². The molecule has 7 heteroatoms. The number of benzene rings is 1. The molecule has 5 atom stereocenters. The predicted molar refractivity (Wildman–Crippen MR) is 148 cm³/mol. The van der Waals surface area contributed by atoms with E-state index in [1.54, 1.807) is 0 Å². The maximum Gasteiger partial charge on any atom is 0.406 e. The van der Waals surface area contributed by atoms with E-state index < -0.39 is 7.75 Å². The quantitative estimate of drug-likeness (QED) is 0.224. The normalized spacial score (nSPS) is 25.1. The van der Waals surface area contributed by atoms with Crippen molar-refractivity contribution in [3.05, 3.63) is 54.7 Å². The molecule has 2 bridgehead atoms. The molecule has 0 radical (unpaired) electrons. The second kappa shape index (κ2) is 12.3. The standard InChI is InChI=1S/C29H44N3O3P/c1-6-21-20-32-18-16-22(21)19-28(32)29(26-15-17-30-27-14-12-11-13-25(26)27)31-36(33,34-23(7-2)8-3)35-24(9-4)10-5/h6,11-15,17,21-24,28-29H,1,7-10,16,18-20H2,2-5H3,(H,31,33)/t21-,22-,28-,29-/m0/s1. The van der Waals surface area contributed by atoms with Gasteiger partial charge in [-0.15, -0.1) is 6.58 Å². The zero-order valence-corrected chi connectivity index (χ0v) is 23.3. The van der Waals surface area contributed by atoms with Crippen molar-refractivity contribution in [1.29, 1.82) is 0 Å². The summed E-state index contributed by atoms with van der Waals surface area (Å²) < 4.78 is 27.2. The van der Waals surface area contributed by atoms with Crippen LogP contribution in [0.4, 0.5) is 0 Å². The molecule has 3 fully saturated rings. The van der Waals surface area contributed by atoms with Gasteiger partial charge in [-0.25, -0.2) is 9.65 Å². The van der Waals surface area contributed by atoms with Gasteiger partial charge in [0, 0.05) is 24.2 Å². The molecule has 2 aromatic rings. The van der Waals surface area contributed by atoms with E-state index in [2.05, 4.69) is 67.5 Å². The van der Waals surface area contributed by atoms with Gasteiger partial charge in [-0.3, -0.25) is 18.9 Å². The summed E-state index contributed by atoms with van der Waals surface area (Å²) in [6.07, 6.45) is 9.10. The molecule has 0 aliphatic carbocycles. The Bertz CT molecular complexity index is 1030. The molecule has 0 spiro atoms. The maximum absolute atomic E-state index is 14.6. The Labute approximate surface area is 217 Å². The fourth-order valence-corrected chi connectivity index (χ4v) is 8.20. The second-order valence-corrected chi connectivity index (χ2v) is 12.0. The fraction of sp³-hybridized carbons (Fsp3) is 0.621. The van der Waals surface area contributed by atoms with Crippen molar-refractivity contribution in [1.82, 2.24) is 15.0 Å². The number of pyridine rings is 1. The monoisotopic (exact) mass is 513 g/mol. The van der Waals surface area contributed by atoms with Crippen molar-refractivity contribution in [2.45, 2.75) is 90.5 Å². The van der Waals surface area contributed by atoms with Crippen molar-refractivity contribution in [2.24, 2.45) is 11.8 Å². The number of piperidine rings is 3. The molecule has 4 heterocycles. The molecular weight excluding hydrogens is 469 g/mol. The number of para-hydroxylation sites is 1. The van der Waals surface area contributed by atoms with Crippen LogP contribution in [0.25, 0.3) is 10.9 Å². The predicted octanol–water partition coefficient (Wildman–Crippen LogP) is 7.28. The van der Waals surface area contributed by atoms with Gasteiger partial charge in [0.05, 0.1) is 23.8 Å². The Morgan fingerprint density at radius 2 is 1.78 bits per heavy atom. The van der Waals surface area contributed by atoms with Crippen LogP contribution < -0.4 is 5.09 Å². The Morgan fingerprint density at radius 1 is 1.11 bits per heavy atom. The largest absolute Gasteiger partial charge is 0.406 e. The molecule has 3 saturated heterocycles. The molecule has 5 rings (SSSR count). The highest BCUT2D eigenvalue weighted by atomic mass is 31.2. The summed E-state index contributed by atoms with van der Waals surface area (Å²) in [4.78, 5) is 7.16. The maximum atomic E-state index is 14.6. The van der Waals surface area contributed by atoms with Gasteiger partial charge in [0.15, 0.2) is 0 Å². The van der Waals surface area contributed by atoms with Gasteiger partial charge < -0.3 is 0 Å². The van der Waals surface area contributed by atoms with Crippen LogP contribution in [0.3, 0.4) is 0 Å². The first-order valence-corrected chi connectivity index (χ1v) is 15.4. The van der Waals surface area contributed by atoms with Crippen molar-refractivity contribution in [2.75, 3.05) is 13.1 Å². The summed E-state index contributed by atoms with van der Waals surface area (Å²) in [6.45, 7) is 14.4. The first kappa shape index (κ1) is 27.5. The van der Waals surface area contributed by atoms with E-state index in [-0.39, 0.29) is 24.3 Å². The fourth-order valence-electron chi connectivity index (χ4n) is 6.00. The lowest BCUT2D eigenvalue weighted by Crippen LogP contribution is -2.56. The van der Waals surface area contributed by atoms with Gasteiger partial charge >= 0.3 is 7.75 Å². The number of fused-ring (bicyclic) bond motifs is 4. The SMILES string of the molecule is C=C[C@H]1CN2CC[C@H]1C[C@H]2[C@@H](NP(=O)(OC(CC)CC)OC(CC)CC)c1ccnc2ccccc12. The van der Waals surface area contributed by atoms with Crippen LogP contribution in [0, 0.1) is 11.8 Å². The number of hydrogen-bond acceptors (Lipinski definition) is 5. The van der Waals surface area contributed by atoms with E-state index in [9.17, 15) is 4.57 Å². The molecule has 3 aliphatic rings. The molecule has 1 unspecified atom stereocenters. The van der Waals surface area contributed by atoms with Crippen molar-refractivity contribution in [3.8, 4) is 0 Å². The molecule has 0 amide bonds. The summed E-state index contributed by atoms with van der Waals surface area (Å²) in [6, 6.07) is 10.3. The zero-order valence-electron chi connectivity index (χ0n) is 22.4. The van der Waals surface area contributed by atoms with Crippen molar-refractivity contribution >= 4 is 18.6 Å². The molecular formula is C29H44N3O3P. The topological polar surface area (TPSA) is 63.7 Å². The second-order valence-electron chi connectivity index (χ2n) is 10.4. The summed E-state index contributed by atoms with van der Waals surface area (Å²) in [5.41, 5.74) is 2.05. The van der Waals surface area contributed by atoms with Crippen LogP contribution in [-0.4, -0.2) is 41.2 Å². The first-order chi connectivity index (χ1) is 17.4. The van der Waals surface area contributed by atoms with Crippen molar-refractivity contribution < 1.29 is 13.6 Å². The van der Waals surface area contributed by atoms with Gasteiger partial charge in [-0.05, 0) is 74.6 Å². The first-order valence-electron chi connectivity index (χ1n) is 13.9. The molecule has 1 aromatic heterocycles. The molecule has 6 nitrogen and oxygen atoms in total. The van der Waals surface area contributed by atoms with Crippen LogP contribution in [-0.2, 0) is 13.6 Å². The van der Waals surface area contributed by atoms with Crippen molar-refractivity contribution in [3.63, 3.8) is 0 Å². The summed E-state index contributed by atoms with van der Waals surface area (Å²) in [5.74, 6) is 1.10. The van der Waals surface area contributed by atoms with Crippen LogP contribution in [0.2, 0.25) is 0 Å². The average Bonchev–Trinajstić information content (AvgIpc) is 2.93. The minimum atomic E-state index is -3.63. The van der Waals surface area contributed by atoms with Gasteiger partial charge in [-0.2, -0.15) is 0 Å². The van der Waals surface area contributed by atoms with E-state index in [0.717, 1.165) is 61.7 Å². The minimum Gasteiger partial charge on any atom is -0.298 e. The zero-order chi connectivity index (χ0) is 25.7. The van der Waals surface area contributed by atoms with Crippen LogP contribution >= 0.6 is 7.75 Å². The molecule has 198 valence electrons. The number of aromatic nitrogens is 1. The Kier molecular flexibility index (Phi) is 9.40. The smallest absolute Gasteiger partial charge is 0.298 e. The number of hydrogen-bond donors (Lipinski definition) is 1. The highest BCUT2D eigenvalue weighted by molar-refractivity contribution is 7.51. The van der Waals surface area contributed by atoms with E-state index in [1.165, 1.54) is 6.42 Å². The number of nitrogens with one attached hydrogen (secondary N) is 1. The number of rotatable bonds is 13. The lowest BCUT2D eigenvalue weighted by Gasteiger charge is -2.52. The van der Waals surface area contributed by atoms with Crippen LogP contribution in [0.15, 0.2) is 49.2 Å². The summed E-state index contributed by atoms with van der Waals surface area (Å²) in [5, 5.41) is 4.62. The summed E-state index contributed by atoms with van der Waals surface area (Å²) >= 11 is 0. The average molecular weight is 514 g/mol. The Hall–Kier alpha value is -1.56. The molecule has 1 aromatic carbocycles. The lowest BCUT2D eigenvalue weighted by atomic mass is 9.73. The highest BCUT2D eigenvalue weighted by Gasteiger charge is 2.45. The molecule has 1 N–H and O–H groups in total. The Morgan fingerprint density at radius 3 is 2.36 bits per heavy atom. The van der Waals surface area contributed by atoms with Crippen LogP contribution in [0.5, 0.6) is 0 Å². The van der Waals surface area contributed by atoms with Gasteiger partial charge in [-0.1, -0.05) is 52.0 Å². The van der Waals surface area contributed by atoms with Gasteiger partial charge in [0.1, 0.15) is 0 Å². The third kappa shape index (κ3) is 5.95. The van der Waals surface area contributed by atoms with Gasteiger partial charge in [0.25, 0.3) is 0 Å². The molecule has 36 heavy (non-hydrogen) atoms. The number of nitrogens with zero attached hydrogens (tertiary/aromatic N) is 2. The minimum absolute atomic E-state index is 0.124. The van der Waals surface area contributed by atoms with E-state index in [1.807, 2.05) is 24.4 Å². The highest BCUT2D eigenvalue weighted by Crippen LogP contribution is 2.53. The molecule has 0 saturated carbocycles. The lowest BCUT2D eigenvalue weighted by molar-refractivity contribution is 0.00159.